The standard InChI is InChI=1S/C23H39NO6S/c1-5-6-15-23(2,3)21(27)14-13-18-17(19(25)16-20(18)26)11-9-7-8-10-12-22(28)24-31(4,29)30/h10,12-14,17-18,20-21,26-27H,5-9,11,15-16H2,1-4H3,(H,24,28)/t17-,18-,20-,21-/m1/s1. The highest BCUT2D eigenvalue weighted by Crippen LogP contribution is 2.35. The number of hydrogen-bond donors (Lipinski definition) is 3. The molecule has 1 aliphatic carbocycles. The van der Waals surface area contributed by atoms with Crippen LogP contribution < -0.4 is 4.72 Å². The fraction of sp³-hybridized carbons (Fsp3) is 0.739. The summed E-state index contributed by atoms with van der Waals surface area (Å²) in [5.41, 5.74) is -0.259. The van der Waals surface area contributed by atoms with Crippen LogP contribution in [0.5, 0.6) is 0 Å². The number of ketones is 1. The maximum Gasteiger partial charge on any atom is 0.257 e. The third-order valence-corrected chi connectivity index (χ3v) is 6.49. The maximum absolute atomic E-state index is 12.3. The molecule has 0 aromatic carbocycles. The molecule has 0 heterocycles. The monoisotopic (exact) mass is 457 g/mol. The van der Waals surface area contributed by atoms with E-state index in [2.05, 4.69) is 6.92 Å². The van der Waals surface area contributed by atoms with Crippen molar-refractivity contribution in [2.75, 3.05) is 6.26 Å². The van der Waals surface area contributed by atoms with Crippen LogP contribution in [0.1, 0.15) is 72.1 Å². The predicted octanol–water partition coefficient (Wildman–Crippen LogP) is 2.88. The van der Waals surface area contributed by atoms with Crippen molar-refractivity contribution in [3.8, 4) is 0 Å². The number of aliphatic hydroxyl groups excluding tert-OH is 2. The Morgan fingerprint density at radius 3 is 2.58 bits per heavy atom. The van der Waals surface area contributed by atoms with E-state index in [1.807, 2.05) is 24.6 Å². The van der Waals surface area contributed by atoms with Gasteiger partial charge in [0.1, 0.15) is 5.78 Å². The zero-order valence-electron chi connectivity index (χ0n) is 19.2. The molecule has 8 heteroatoms. The lowest BCUT2D eigenvalue weighted by molar-refractivity contribution is -0.121. The van der Waals surface area contributed by atoms with Crippen LogP contribution in [0.3, 0.4) is 0 Å². The van der Waals surface area contributed by atoms with E-state index in [1.165, 1.54) is 6.08 Å². The smallest absolute Gasteiger partial charge is 0.257 e. The third kappa shape index (κ3) is 10.1. The van der Waals surface area contributed by atoms with Gasteiger partial charge in [0.25, 0.3) is 5.91 Å². The molecule has 0 unspecified atom stereocenters. The molecular weight excluding hydrogens is 418 g/mol. The number of rotatable bonds is 13. The van der Waals surface area contributed by atoms with Crippen molar-refractivity contribution < 1.29 is 28.2 Å². The van der Waals surface area contributed by atoms with Crippen molar-refractivity contribution >= 4 is 21.7 Å². The summed E-state index contributed by atoms with van der Waals surface area (Å²) in [6.07, 6.45) is 11.8. The molecule has 1 amide bonds. The molecule has 31 heavy (non-hydrogen) atoms. The highest BCUT2D eigenvalue weighted by Gasteiger charge is 2.39. The van der Waals surface area contributed by atoms with Crippen molar-refractivity contribution in [2.45, 2.75) is 84.3 Å². The quantitative estimate of drug-likeness (QED) is 0.222. The molecule has 0 radical (unpaired) electrons. The summed E-state index contributed by atoms with van der Waals surface area (Å²) in [5.74, 6) is -1.19. The minimum Gasteiger partial charge on any atom is -0.392 e. The summed E-state index contributed by atoms with van der Waals surface area (Å²) in [6.45, 7) is 6.16. The molecule has 0 aromatic heterocycles. The van der Waals surface area contributed by atoms with Gasteiger partial charge in [0.2, 0.25) is 10.0 Å². The zero-order valence-corrected chi connectivity index (χ0v) is 20.0. The summed E-state index contributed by atoms with van der Waals surface area (Å²) in [5, 5.41) is 20.9. The predicted molar refractivity (Wildman–Crippen MR) is 122 cm³/mol. The number of carbonyl (C=O) groups excluding carboxylic acids is 2. The first-order chi connectivity index (χ1) is 14.4. The largest absolute Gasteiger partial charge is 0.392 e. The lowest BCUT2D eigenvalue weighted by Gasteiger charge is -2.29. The van der Waals surface area contributed by atoms with Gasteiger partial charge in [-0.15, -0.1) is 0 Å². The molecule has 0 aromatic rings. The molecule has 0 aliphatic heterocycles. The van der Waals surface area contributed by atoms with Gasteiger partial charge in [-0.1, -0.05) is 58.3 Å². The van der Waals surface area contributed by atoms with Crippen molar-refractivity contribution in [2.24, 2.45) is 17.3 Å². The summed E-state index contributed by atoms with van der Waals surface area (Å²) in [4.78, 5) is 23.7. The van der Waals surface area contributed by atoms with E-state index in [4.69, 9.17) is 0 Å². The summed E-state index contributed by atoms with van der Waals surface area (Å²) in [6, 6.07) is 0. The van der Waals surface area contributed by atoms with Gasteiger partial charge in [-0.25, -0.2) is 13.1 Å². The maximum atomic E-state index is 12.3. The number of allylic oxidation sites excluding steroid dienone is 1. The van der Waals surface area contributed by atoms with Gasteiger partial charge in [-0.3, -0.25) is 9.59 Å². The second-order valence-corrected chi connectivity index (χ2v) is 11.0. The van der Waals surface area contributed by atoms with E-state index >= 15 is 0 Å². The minimum absolute atomic E-state index is 0.0463. The van der Waals surface area contributed by atoms with Crippen LogP contribution in [0, 0.1) is 17.3 Å². The number of nitrogens with one attached hydrogen (secondary N) is 1. The van der Waals surface area contributed by atoms with Crippen molar-refractivity contribution in [3.63, 3.8) is 0 Å². The number of carbonyl (C=O) groups is 2. The molecule has 1 saturated carbocycles. The van der Waals surface area contributed by atoms with Gasteiger partial charge in [0.15, 0.2) is 0 Å². The van der Waals surface area contributed by atoms with E-state index in [0.29, 0.717) is 12.8 Å². The van der Waals surface area contributed by atoms with Crippen LogP contribution in [-0.4, -0.2) is 48.8 Å². The number of sulfonamides is 1. The lowest BCUT2D eigenvalue weighted by atomic mass is 9.80. The van der Waals surface area contributed by atoms with Crippen LogP contribution in [-0.2, 0) is 19.6 Å². The molecule has 1 aliphatic rings. The van der Waals surface area contributed by atoms with Gasteiger partial charge >= 0.3 is 0 Å². The highest BCUT2D eigenvalue weighted by molar-refractivity contribution is 7.89. The van der Waals surface area contributed by atoms with Gasteiger partial charge in [0, 0.05) is 18.3 Å². The number of hydrogen-bond acceptors (Lipinski definition) is 6. The summed E-state index contributed by atoms with van der Waals surface area (Å²) < 4.78 is 23.8. The van der Waals surface area contributed by atoms with E-state index in [1.54, 1.807) is 12.2 Å². The molecule has 0 spiro atoms. The molecule has 3 N–H and O–H groups in total. The molecule has 0 bridgehead atoms. The molecule has 4 atom stereocenters. The fourth-order valence-corrected chi connectivity index (χ4v) is 4.33. The van der Waals surface area contributed by atoms with Gasteiger partial charge < -0.3 is 10.2 Å². The Balaban J connectivity index is 2.55. The van der Waals surface area contributed by atoms with Crippen LogP contribution in [0.25, 0.3) is 0 Å². The van der Waals surface area contributed by atoms with E-state index < -0.39 is 28.1 Å². The van der Waals surface area contributed by atoms with Gasteiger partial charge in [0.05, 0.1) is 18.5 Å². The van der Waals surface area contributed by atoms with E-state index in [9.17, 15) is 28.2 Å². The first-order valence-corrected chi connectivity index (χ1v) is 13.0. The Bertz CT molecular complexity index is 756. The molecule has 178 valence electrons. The van der Waals surface area contributed by atoms with Crippen LogP contribution in [0.15, 0.2) is 24.3 Å². The third-order valence-electron chi connectivity index (χ3n) is 5.91. The summed E-state index contributed by atoms with van der Waals surface area (Å²) >= 11 is 0. The molecule has 7 nitrogen and oxygen atoms in total. The SMILES string of the molecule is CCCCC(C)(C)[C@H](O)C=C[C@H]1[C@H](O)CC(=O)[C@@H]1CCCCC=CC(=O)NS(C)(=O)=O. The molecule has 0 saturated heterocycles. The first kappa shape index (κ1) is 27.5. The van der Waals surface area contributed by atoms with Crippen molar-refractivity contribution in [3.05, 3.63) is 24.3 Å². The summed E-state index contributed by atoms with van der Waals surface area (Å²) in [7, 11) is -3.56. The van der Waals surface area contributed by atoms with Crippen molar-refractivity contribution in [1.82, 2.24) is 4.72 Å². The Labute approximate surface area is 187 Å². The number of unbranched alkanes of at least 4 members (excludes halogenated alkanes) is 3. The molecule has 1 fully saturated rings. The Hall–Kier alpha value is -1.51. The average Bonchev–Trinajstić information content (AvgIpc) is 2.92. The lowest BCUT2D eigenvalue weighted by Crippen LogP contribution is -2.28. The molecular formula is C23H39NO6S. The highest BCUT2D eigenvalue weighted by atomic mass is 32.2. The van der Waals surface area contributed by atoms with Crippen LogP contribution >= 0.6 is 0 Å². The zero-order chi connectivity index (χ0) is 23.7. The van der Waals surface area contributed by atoms with Crippen LogP contribution in [0.2, 0.25) is 0 Å². The minimum atomic E-state index is -3.56. The van der Waals surface area contributed by atoms with Gasteiger partial charge in [-0.2, -0.15) is 0 Å². The number of aliphatic hydroxyl groups is 2. The number of amides is 1. The second kappa shape index (κ2) is 12.5. The normalized spacial score (nSPS) is 23.7. The fourth-order valence-electron chi connectivity index (χ4n) is 3.90. The number of Topliss-reactive ketones (excluding diaryl/α,β-unsaturated/α-hetero) is 1. The Kier molecular flexibility index (Phi) is 11.1. The van der Waals surface area contributed by atoms with Gasteiger partial charge in [-0.05, 0) is 37.2 Å². The first-order valence-electron chi connectivity index (χ1n) is 11.1. The van der Waals surface area contributed by atoms with E-state index in [-0.39, 0.29) is 29.5 Å². The topological polar surface area (TPSA) is 121 Å². The van der Waals surface area contributed by atoms with Crippen LogP contribution in [0.4, 0.5) is 0 Å². The molecule has 1 rings (SSSR count). The Morgan fingerprint density at radius 2 is 1.97 bits per heavy atom. The van der Waals surface area contributed by atoms with E-state index in [0.717, 1.165) is 38.4 Å². The average molecular weight is 458 g/mol. The second-order valence-electron chi connectivity index (χ2n) is 9.27. The van der Waals surface area contributed by atoms with Crippen molar-refractivity contribution in [1.29, 1.82) is 0 Å². The Morgan fingerprint density at radius 1 is 1.29 bits per heavy atom.